The number of hydrogen-bond donors (Lipinski definition) is 1. The first-order valence-corrected chi connectivity index (χ1v) is 5.95. The van der Waals surface area contributed by atoms with Crippen molar-refractivity contribution in [2.75, 3.05) is 11.9 Å². The average Bonchev–Trinajstić information content (AvgIpc) is 2.41. The second kappa shape index (κ2) is 6.13. The second-order valence-electron chi connectivity index (χ2n) is 3.94. The highest BCUT2D eigenvalue weighted by Gasteiger charge is 2.05. The van der Waals surface area contributed by atoms with Crippen LogP contribution in [-0.2, 0) is 6.61 Å². The van der Waals surface area contributed by atoms with Gasteiger partial charge in [0.2, 0.25) is 0 Å². The first-order valence-electron chi connectivity index (χ1n) is 5.95. The molecule has 19 heavy (non-hydrogen) atoms. The third-order valence-corrected chi connectivity index (χ3v) is 2.47. The van der Waals surface area contributed by atoms with Crippen LogP contribution in [0.5, 0.6) is 5.75 Å². The first-order chi connectivity index (χ1) is 9.19. The number of rotatable bonds is 5. The van der Waals surface area contributed by atoms with E-state index in [1.54, 1.807) is 18.3 Å². The number of nitrogens with one attached hydrogen (secondary N) is 1. The van der Waals surface area contributed by atoms with Gasteiger partial charge in [0.25, 0.3) is 0 Å². The van der Waals surface area contributed by atoms with E-state index in [9.17, 15) is 8.78 Å². The van der Waals surface area contributed by atoms with E-state index in [2.05, 4.69) is 10.3 Å². The molecule has 0 amide bonds. The average molecular weight is 264 g/mol. The van der Waals surface area contributed by atoms with Gasteiger partial charge < -0.3 is 10.1 Å². The van der Waals surface area contributed by atoms with Crippen LogP contribution in [-0.4, -0.2) is 11.5 Å². The lowest BCUT2D eigenvalue weighted by Crippen LogP contribution is -2.02. The van der Waals surface area contributed by atoms with Gasteiger partial charge in [-0.2, -0.15) is 0 Å². The lowest BCUT2D eigenvalue weighted by molar-refractivity contribution is 0.288. The number of aromatic nitrogens is 1. The highest BCUT2D eigenvalue weighted by atomic mass is 19.1. The summed E-state index contributed by atoms with van der Waals surface area (Å²) >= 11 is 0. The lowest BCUT2D eigenvalue weighted by atomic mass is 10.2. The molecule has 100 valence electrons. The van der Waals surface area contributed by atoms with E-state index >= 15 is 0 Å². The first kappa shape index (κ1) is 13.3. The largest absolute Gasteiger partial charge is 0.486 e. The van der Waals surface area contributed by atoms with Crippen molar-refractivity contribution >= 4 is 5.82 Å². The molecule has 2 aromatic rings. The Hall–Kier alpha value is -2.17. The summed E-state index contributed by atoms with van der Waals surface area (Å²) in [5.41, 5.74) is 0.828. The number of benzene rings is 1. The number of ether oxygens (including phenoxy) is 1. The number of hydrogen-bond acceptors (Lipinski definition) is 3. The number of nitrogens with zero attached hydrogens (tertiary/aromatic N) is 1. The van der Waals surface area contributed by atoms with E-state index in [4.69, 9.17) is 4.74 Å². The Morgan fingerprint density at radius 1 is 1.21 bits per heavy atom. The summed E-state index contributed by atoms with van der Waals surface area (Å²) in [6, 6.07) is 6.69. The molecule has 1 aromatic heterocycles. The Morgan fingerprint density at radius 3 is 2.84 bits per heavy atom. The Bertz CT molecular complexity index is 561. The maximum atomic E-state index is 13.4. The van der Waals surface area contributed by atoms with E-state index < -0.39 is 11.6 Å². The summed E-state index contributed by atoms with van der Waals surface area (Å²) in [7, 11) is 0. The normalized spacial score (nSPS) is 10.3. The summed E-state index contributed by atoms with van der Waals surface area (Å²) in [4.78, 5) is 4.12. The van der Waals surface area contributed by atoms with Crippen LogP contribution in [0.3, 0.4) is 0 Å². The van der Waals surface area contributed by atoms with Crippen molar-refractivity contribution in [2.45, 2.75) is 13.5 Å². The van der Waals surface area contributed by atoms with Crippen LogP contribution in [0.15, 0.2) is 36.5 Å². The molecule has 0 radical (unpaired) electrons. The molecule has 5 heteroatoms. The fraction of sp³-hybridized carbons (Fsp3) is 0.214. The minimum atomic E-state index is -0.581. The van der Waals surface area contributed by atoms with E-state index in [1.807, 2.05) is 6.92 Å². The molecular weight excluding hydrogens is 250 g/mol. The molecule has 0 atom stereocenters. The van der Waals surface area contributed by atoms with Crippen molar-refractivity contribution in [3.05, 3.63) is 53.7 Å². The smallest absolute Gasteiger partial charge is 0.165 e. The molecular formula is C14H14F2N2O. The van der Waals surface area contributed by atoms with Gasteiger partial charge >= 0.3 is 0 Å². The van der Waals surface area contributed by atoms with E-state index in [0.29, 0.717) is 0 Å². The summed E-state index contributed by atoms with van der Waals surface area (Å²) in [6.45, 7) is 2.88. The van der Waals surface area contributed by atoms with Crippen LogP contribution in [0, 0.1) is 11.6 Å². The van der Waals surface area contributed by atoms with Crippen LogP contribution in [0.2, 0.25) is 0 Å². The van der Waals surface area contributed by atoms with Gasteiger partial charge in [0.15, 0.2) is 11.6 Å². The topological polar surface area (TPSA) is 34.1 Å². The predicted octanol–water partition coefficient (Wildman–Crippen LogP) is 3.37. The third-order valence-electron chi connectivity index (χ3n) is 2.47. The Kier molecular flexibility index (Phi) is 4.28. The van der Waals surface area contributed by atoms with Crippen LogP contribution in [0.4, 0.5) is 14.6 Å². The minimum Gasteiger partial charge on any atom is -0.486 e. The second-order valence-corrected chi connectivity index (χ2v) is 3.94. The van der Waals surface area contributed by atoms with Gasteiger partial charge in [0.05, 0.1) is 0 Å². The van der Waals surface area contributed by atoms with Crippen LogP contribution in [0.25, 0.3) is 0 Å². The van der Waals surface area contributed by atoms with Gasteiger partial charge in [-0.25, -0.2) is 13.8 Å². The van der Waals surface area contributed by atoms with Gasteiger partial charge in [0.1, 0.15) is 18.2 Å². The Balaban J connectivity index is 2.05. The van der Waals surface area contributed by atoms with Crippen molar-refractivity contribution in [1.29, 1.82) is 0 Å². The minimum absolute atomic E-state index is 0.0955. The monoisotopic (exact) mass is 264 g/mol. The maximum Gasteiger partial charge on any atom is 0.165 e. The van der Waals surface area contributed by atoms with Gasteiger partial charge in [-0.1, -0.05) is 0 Å². The van der Waals surface area contributed by atoms with Gasteiger partial charge in [-0.05, 0) is 36.8 Å². The molecule has 1 heterocycles. The molecule has 1 N–H and O–H groups in total. The number of halogens is 2. The zero-order valence-electron chi connectivity index (χ0n) is 10.5. The molecule has 0 bridgehead atoms. The maximum absolute atomic E-state index is 13.4. The molecule has 0 spiro atoms. The zero-order valence-corrected chi connectivity index (χ0v) is 10.5. The molecule has 3 nitrogen and oxygen atoms in total. The summed E-state index contributed by atoms with van der Waals surface area (Å²) < 4.78 is 31.6. The molecule has 1 aromatic carbocycles. The highest BCUT2D eigenvalue weighted by molar-refractivity contribution is 5.37. The van der Waals surface area contributed by atoms with E-state index in [-0.39, 0.29) is 12.4 Å². The predicted molar refractivity (Wildman–Crippen MR) is 69.1 cm³/mol. The zero-order chi connectivity index (χ0) is 13.7. The molecule has 0 saturated carbocycles. The quantitative estimate of drug-likeness (QED) is 0.899. The Labute approximate surface area is 110 Å². The van der Waals surface area contributed by atoms with E-state index in [1.165, 1.54) is 0 Å². The summed E-state index contributed by atoms with van der Waals surface area (Å²) in [5.74, 6) is -0.480. The molecule has 0 aliphatic heterocycles. The van der Waals surface area contributed by atoms with Crippen LogP contribution < -0.4 is 10.1 Å². The summed E-state index contributed by atoms with van der Waals surface area (Å²) in [6.07, 6.45) is 1.64. The van der Waals surface area contributed by atoms with Crippen molar-refractivity contribution in [1.82, 2.24) is 4.98 Å². The van der Waals surface area contributed by atoms with Gasteiger partial charge in [0, 0.05) is 18.8 Å². The number of pyridine rings is 1. The molecule has 0 fully saturated rings. The molecule has 0 saturated heterocycles. The fourth-order valence-corrected chi connectivity index (χ4v) is 1.59. The summed E-state index contributed by atoms with van der Waals surface area (Å²) in [5, 5.41) is 3.07. The molecule has 0 unspecified atom stereocenters. The van der Waals surface area contributed by atoms with Crippen molar-refractivity contribution < 1.29 is 13.5 Å². The number of anilines is 1. The van der Waals surface area contributed by atoms with Crippen molar-refractivity contribution in [3.63, 3.8) is 0 Å². The van der Waals surface area contributed by atoms with E-state index in [0.717, 1.165) is 36.1 Å². The highest BCUT2D eigenvalue weighted by Crippen LogP contribution is 2.19. The van der Waals surface area contributed by atoms with Crippen molar-refractivity contribution in [2.24, 2.45) is 0 Å². The lowest BCUT2D eigenvalue weighted by Gasteiger charge is -2.08. The van der Waals surface area contributed by atoms with Gasteiger partial charge in [-0.15, -0.1) is 0 Å². The van der Waals surface area contributed by atoms with Gasteiger partial charge in [-0.3, -0.25) is 0 Å². The standard InChI is InChI=1S/C14H14F2N2O/c1-2-17-14-7-10(5-6-18-14)9-19-13-8-11(15)3-4-12(13)16/h3-8H,2,9H2,1H3,(H,17,18). The van der Waals surface area contributed by atoms with Crippen LogP contribution in [0.1, 0.15) is 12.5 Å². The molecule has 0 aliphatic rings. The van der Waals surface area contributed by atoms with Crippen LogP contribution >= 0.6 is 0 Å². The van der Waals surface area contributed by atoms with Crippen molar-refractivity contribution in [3.8, 4) is 5.75 Å². The third kappa shape index (κ3) is 3.64. The fourth-order valence-electron chi connectivity index (χ4n) is 1.59. The SMILES string of the molecule is CCNc1cc(COc2cc(F)ccc2F)ccn1. The molecule has 2 rings (SSSR count). The Morgan fingerprint density at radius 2 is 2.05 bits per heavy atom. The molecule has 0 aliphatic carbocycles.